The smallest absolute Gasteiger partial charge is 0.360 e. The zero-order valence-electron chi connectivity index (χ0n) is 14.5. The second-order valence-corrected chi connectivity index (χ2v) is 5.91. The van der Waals surface area contributed by atoms with Gasteiger partial charge in [-0.1, -0.05) is 12.1 Å². The van der Waals surface area contributed by atoms with Gasteiger partial charge in [-0.05, 0) is 25.5 Å². The lowest BCUT2D eigenvalue weighted by Gasteiger charge is -2.15. The number of pyridine rings is 1. The van der Waals surface area contributed by atoms with Gasteiger partial charge in [-0.2, -0.15) is 13.2 Å². The van der Waals surface area contributed by atoms with Crippen LogP contribution in [-0.4, -0.2) is 31.7 Å². The van der Waals surface area contributed by atoms with E-state index in [0.717, 1.165) is 12.3 Å². The fraction of sp³-hybridized carbons (Fsp3) is 0.375. The molecule has 0 bridgehead atoms. The van der Waals surface area contributed by atoms with E-state index < -0.39 is 17.8 Å². The van der Waals surface area contributed by atoms with Crippen molar-refractivity contribution in [1.82, 2.24) is 25.1 Å². The highest BCUT2D eigenvalue weighted by molar-refractivity contribution is 5.93. The van der Waals surface area contributed by atoms with E-state index in [0.29, 0.717) is 18.0 Å². The summed E-state index contributed by atoms with van der Waals surface area (Å²) in [6, 6.07) is 3.18. The van der Waals surface area contributed by atoms with Crippen molar-refractivity contribution in [2.75, 3.05) is 5.32 Å². The van der Waals surface area contributed by atoms with Crippen molar-refractivity contribution in [3.05, 3.63) is 41.5 Å². The molecule has 3 rings (SSSR count). The highest BCUT2D eigenvalue weighted by Crippen LogP contribution is 2.29. The molecule has 3 aromatic heterocycles. The van der Waals surface area contributed by atoms with Crippen LogP contribution in [0.2, 0.25) is 0 Å². The number of nitrogens with one attached hydrogen (secondary N) is 2. The third-order valence-corrected chi connectivity index (χ3v) is 3.91. The summed E-state index contributed by atoms with van der Waals surface area (Å²) in [6.07, 6.45) is -3.08. The molecule has 3 aromatic rings. The first-order valence-electron chi connectivity index (χ1n) is 8.16. The monoisotopic (exact) mass is 382 g/mol. The molecule has 2 N–H and O–H groups in total. The van der Waals surface area contributed by atoms with Gasteiger partial charge in [-0.3, -0.25) is 14.5 Å². The van der Waals surface area contributed by atoms with Crippen molar-refractivity contribution in [1.29, 1.82) is 0 Å². The molecule has 1 unspecified atom stereocenters. The molecule has 0 saturated carbocycles. The lowest BCUT2D eigenvalue weighted by Crippen LogP contribution is -2.40. The van der Waals surface area contributed by atoms with Crippen LogP contribution in [0.25, 0.3) is 5.65 Å². The Hall–Kier alpha value is -2.95. The molecule has 0 aliphatic heterocycles. The van der Waals surface area contributed by atoms with Crippen LogP contribution in [0, 0.1) is 6.92 Å². The Balaban J connectivity index is 1.71. The second kappa shape index (κ2) is 7.35. The average Bonchev–Trinajstić information content (AvgIpc) is 3.20. The first-order chi connectivity index (χ1) is 12.8. The van der Waals surface area contributed by atoms with Crippen LogP contribution < -0.4 is 10.6 Å². The number of amides is 1. The van der Waals surface area contributed by atoms with E-state index in [-0.39, 0.29) is 23.9 Å². The number of carbonyl (C=O) groups excluding carboxylic acids is 1. The highest BCUT2D eigenvalue weighted by atomic mass is 19.4. The van der Waals surface area contributed by atoms with E-state index in [1.165, 1.54) is 10.5 Å². The summed E-state index contributed by atoms with van der Waals surface area (Å²) in [5, 5.41) is 17.0. The molecule has 8 nitrogen and oxygen atoms in total. The van der Waals surface area contributed by atoms with Gasteiger partial charge in [0.1, 0.15) is 5.76 Å². The van der Waals surface area contributed by atoms with Crippen LogP contribution in [0.3, 0.4) is 0 Å². The molecule has 0 aliphatic carbocycles. The first kappa shape index (κ1) is 18.8. The van der Waals surface area contributed by atoms with Gasteiger partial charge in [0.15, 0.2) is 17.3 Å². The third-order valence-electron chi connectivity index (χ3n) is 3.91. The normalized spacial score (nSPS) is 13.1. The highest BCUT2D eigenvalue weighted by Gasteiger charge is 2.31. The summed E-state index contributed by atoms with van der Waals surface area (Å²) in [4.78, 5) is 12.3. The largest absolute Gasteiger partial charge is 0.417 e. The zero-order chi connectivity index (χ0) is 19.6. The van der Waals surface area contributed by atoms with Gasteiger partial charge >= 0.3 is 6.18 Å². The summed E-state index contributed by atoms with van der Waals surface area (Å²) < 4.78 is 44.8. The predicted molar refractivity (Wildman–Crippen MR) is 88.8 cm³/mol. The summed E-state index contributed by atoms with van der Waals surface area (Å²) in [5.41, 5.74) is -0.516. The summed E-state index contributed by atoms with van der Waals surface area (Å²) >= 11 is 0. The number of fused-ring (bicyclic) bond motifs is 1. The molecule has 0 saturated heterocycles. The Kier molecular flexibility index (Phi) is 5.13. The molecule has 0 radical (unpaired) electrons. The van der Waals surface area contributed by atoms with Crippen LogP contribution in [0.5, 0.6) is 0 Å². The molecule has 144 valence electrons. The Morgan fingerprint density at radius 2 is 2.11 bits per heavy atom. The minimum atomic E-state index is -4.47. The minimum Gasteiger partial charge on any atom is -0.360 e. The van der Waals surface area contributed by atoms with Crippen molar-refractivity contribution < 1.29 is 22.5 Å². The van der Waals surface area contributed by atoms with E-state index >= 15 is 0 Å². The summed E-state index contributed by atoms with van der Waals surface area (Å²) in [6.45, 7) is 3.56. The molecule has 3 heterocycles. The maximum Gasteiger partial charge on any atom is 0.417 e. The number of nitrogens with zero attached hydrogens (tertiary/aromatic N) is 4. The fourth-order valence-electron chi connectivity index (χ4n) is 2.50. The Morgan fingerprint density at radius 1 is 1.33 bits per heavy atom. The number of hydrogen-bond donors (Lipinski definition) is 2. The van der Waals surface area contributed by atoms with E-state index in [9.17, 15) is 18.0 Å². The molecular weight excluding hydrogens is 365 g/mol. The predicted octanol–water partition coefficient (Wildman–Crippen LogP) is 2.55. The molecular formula is C16H17F3N6O2. The molecule has 1 atom stereocenters. The van der Waals surface area contributed by atoms with Crippen LogP contribution >= 0.6 is 0 Å². The summed E-state index contributed by atoms with van der Waals surface area (Å²) in [7, 11) is 0. The van der Waals surface area contributed by atoms with Crippen molar-refractivity contribution in [3.8, 4) is 0 Å². The average molecular weight is 382 g/mol. The lowest BCUT2D eigenvalue weighted by atomic mass is 10.2. The van der Waals surface area contributed by atoms with Crippen molar-refractivity contribution in [3.63, 3.8) is 0 Å². The van der Waals surface area contributed by atoms with E-state index in [1.54, 1.807) is 19.9 Å². The number of aromatic nitrogens is 4. The standard InChI is InChI=1S/C16H17F3N6O2/c1-3-11(15(26)21-12-6-9(2)27-24-12)20-7-14-23-22-13-5-4-10(8-25(13)14)16(17,18)19/h4-6,8,11,20H,3,7H2,1-2H3,(H,21,24,26). The first-order valence-corrected chi connectivity index (χ1v) is 8.16. The Morgan fingerprint density at radius 3 is 2.74 bits per heavy atom. The topological polar surface area (TPSA) is 97.3 Å². The number of carbonyl (C=O) groups is 1. The Labute approximate surface area is 151 Å². The maximum absolute atomic E-state index is 12.9. The number of rotatable bonds is 6. The van der Waals surface area contributed by atoms with Crippen LogP contribution in [0.15, 0.2) is 28.9 Å². The molecule has 1 amide bonds. The Bertz CT molecular complexity index is 949. The molecule has 27 heavy (non-hydrogen) atoms. The van der Waals surface area contributed by atoms with Gasteiger partial charge < -0.3 is 9.84 Å². The van der Waals surface area contributed by atoms with Gasteiger partial charge in [0.2, 0.25) is 5.91 Å². The van der Waals surface area contributed by atoms with Gasteiger partial charge in [0.25, 0.3) is 0 Å². The van der Waals surface area contributed by atoms with Gasteiger partial charge in [0, 0.05) is 12.3 Å². The molecule has 11 heteroatoms. The number of anilines is 1. The quantitative estimate of drug-likeness (QED) is 0.680. The second-order valence-electron chi connectivity index (χ2n) is 5.91. The van der Waals surface area contributed by atoms with Crippen molar-refractivity contribution in [2.24, 2.45) is 0 Å². The van der Waals surface area contributed by atoms with Crippen LogP contribution in [0.1, 0.15) is 30.5 Å². The SMILES string of the molecule is CCC(NCc1nnc2ccc(C(F)(F)F)cn12)C(=O)Nc1cc(C)on1. The molecule has 0 aliphatic rings. The van der Waals surface area contributed by atoms with E-state index in [2.05, 4.69) is 26.0 Å². The number of hydrogen-bond acceptors (Lipinski definition) is 6. The molecule has 0 fully saturated rings. The van der Waals surface area contributed by atoms with E-state index in [1.807, 2.05) is 0 Å². The summed E-state index contributed by atoms with van der Waals surface area (Å²) in [5.74, 6) is 0.775. The van der Waals surface area contributed by atoms with Crippen LogP contribution in [0.4, 0.5) is 19.0 Å². The molecule has 0 spiro atoms. The van der Waals surface area contributed by atoms with E-state index in [4.69, 9.17) is 4.52 Å². The minimum absolute atomic E-state index is 0.0618. The molecule has 0 aromatic carbocycles. The zero-order valence-corrected chi connectivity index (χ0v) is 14.5. The van der Waals surface area contributed by atoms with Crippen molar-refractivity contribution >= 4 is 17.4 Å². The number of alkyl halides is 3. The maximum atomic E-state index is 12.9. The van der Waals surface area contributed by atoms with Crippen molar-refractivity contribution in [2.45, 2.75) is 39.0 Å². The van der Waals surface area contributed by atoms with Crippen LogP contribution in [-0.2, 0) is 17.5 Å². The third kappa shape index (κ3) is 4.25. The fourth-order valence-corrected chi connectivity index (χ4v) is 2.50. The van der Waals surface area contributed by atoms with Gasteiger partial charge in [-0.15, -0.1) is 10.2 Å². The number of aryl methyl sites for hydroxylation is 1. The van der Waals surface area contributed by atoms with Gasteiger partial charge in [0.05, 0.1) is 18.2 Å². The lowest BCUT2D eigenvalue weighted by molar-refractivity contribution is -0.137. The van der Waals surface area contributed by atoms with Gasteiger partial charge in [-0.25, -0.2) is 0 Å². The number of halogens is 3.